The van der Waals surface area contributed by atoms with Crippen LogP contribution >= 0.6 is 11.3 Å². The Labute approximate surface area is 181 Å². The smallest absolute Gasteiger partial charge is 0.302 e. The van der Waals surface area contributed by atoms with Crippen LogP contribution in [0.4, 0.5) is 13.9 Å². The van der Waals surface area contributed by atoms with Gasteiger partial charge < -0.3 is 10.2 Å². The van der Waals surface area contributed by atoms with Gasteiger partial charge in [0.05, 0.1) is 6.04 Å². The molecular formula is C21H23F2N5O2S. The molecule has 164 valence electrons. The van der Waals surface area contributed by atoms with Crippen LogP contribution in [0.2, 0.25) is 0 Å². The summed E-state index contributed by atoms with van der Waals surface area (Å²) in [6.45, 7) is 3.22. The van der Waals surface area contributed by atoms with Crippen LogP contribution in [0.3, 0.4) is 0 Å². The minimum Gasteiger partial charge on any atom is -0.348 e. The van der Waals surface area contributed by atoms with Crippen molar-refractivity contribution in [1.82, 2.24) is 19.9 Å². The standard InChI is InChI=1S/C21H23F2N5O2S/c1-12(13-8-5-4-6-9-13)24-16(29)14-10-7-11-28(14)20-25-15-17(31-20)26-19(21(2,22)23)27(3)18(15)30/h4-6,8-9,12,14H,7,10-11H2,1-3H3,(H,24,29)/t12-,14?/m1/s1. The quantitative estimate of drug-likeness (QED) is 0.649. The number of thiazole rings is 1. The van der Waals surface area contributed by atoms with Gasteiger partial charge in [-0.25, -0.2) is 9.97 Å². The number of halogens is 2. The number of hydrogen-bond donors (Lipinski definition) is 1. The van der Waals surface area contributed by atoms with Crippen molar-refractivity contribution in [3.63, 3.8) is 0 Å². The number of alkyl halides is 2. The van der Waals surface area contributed by atoms with Crippen molar-refractivity contribution in [2.75, 3.05) is 11.4 Å². The van der Waals surface area contributed by atoms with Crippen LogP contribution in [0.15, 0.2) is 35.1 Å². The SMILES string of the molecule is C[C@@H](NC(=O)C1CCCN1c1nc2c(=O)n(C)c(C(C)(F)F)nc2s1)c1ccccc1. The zero-order chi connectivity index (χ0) is 22.3. The second-order valence-corrected chi connectivity index (χ2v) is 8.79. The second kappa shape index (κ2) is 7.99. The summed E-state index contributed by atoms with van der Waals surface area (Å²) in [5.74, 6) is -3.99. The fourth-order valence-electron chi connectivity index (χ4n) is 3.86. The number of anilines is 1. The lowest BCUT2D eigenvalue weighted by Crippen LogP contribution is -2.44. The van der Waals surface area contributed by atoms with E-state index >= 15 is 0 Å². The lowest BCUT2D eigenvalue weighted by atomic mass is 10.1. The first kappa shape index (κ1) is 21.4. The molecule has 1 aromatic carbocycles. The summed E-state index contributed by atoms with van der Waals surface area (Å²) < 4.78 is 28.6. The van der Waals surface area contributed by atoms with Crippen molar-refractivity contribution in [3.8, 4) is 0 Å². The van der Waals surface area contributed by atoms with Crippen LogP contribution < -0.4 is 15.8 Å². The highest BCUT2D eigenvalue weighted by Crippen LogP contribution is 2.33. The molecule has 2 aromatic heterocycles. The van der Waals surface area contributed by atoms with Crippen molar-refractivity contribution >= 4 is 32.7 Å². The van der Waals surface area contributed by atoms with E-state index < -0.39 is 23.3 Å². The maximum atomic E-state index is 13.9. The van der Waals surface area contributed by atoms with Gasteiger partial charge in [-0.15, -0.1) is 0 Å². The molecule has 2 atom stereocenters. The first-order chi connectivity index (χ1) is 14.7. The summed E-state index contributed by atoms with van der Waals surface area (Å²) >= 11 is 1.06. The minimum atomic E-state index is -3.25. The van der Waals surface area contributed by atoms with Crippen molar-refractivity contribution in [3.05, 3.63) is 52.1 Å². The maximum absolute atomic E-state index is 13.9. The van der Waals surface area contributed by atoms with Gasteiger partial charge in [0, 0.05) is 20.5 Å². The summed E-state index contributed by atoms with van der Waals surface area (Å²) in [5, 5.41) is 3.48. The van der Waals surface area contributed by atoms with E-state index in [0.717, 1.165) is 27.9 Å². The van der Waals surface area contributed by atoms with Crippen molar-refractivity contribution in [2.45, 2.75) is 44.7 Å². The van der Waals surface area contributed by atoms with Crippen molar-refractivity contribution in [1.29, 1.82) is 0 Å². The number of carbonyl (C=O) groups excluding carboxylic acids is 1. The Balaban J connectivity index is 1.62. The topological polar surface area (TPSA) is 80.1 Å². The summed E-state index contributed by atoms with van der Waals surface area (Å²) in [6, 6.07) is 9.06. The number of hydrogen-bond acceptors (Lipinski definition) is 6. The van der Waals surface area contributed by atoms with Crippen molar-refractivity contribution in [2.24, 2.45) is 7.05 Å². The molecule has 31 heavy (non-hydrogen) atoms. The average Bonchev–Trinajstić information content (AvgIpc) is 3.37. The molecule has 1 aliphatic heterocycles. The van der Waals surface area contributed by atoms with E-state index in [4.69, 9.17) is 0 Å². The second-order valence-electron chi connectivity index (χ2n) is 7.83. The summed E-state index contributed by atoms with van der Waals surface area (Å²) in [7, 11) is 1.26. The van der Waals surface area contributed by atoms with Gasteiger partial charge in [0.15, 0.2) is 21.3 Å². The number of benzene rings is 1. The van der Waals surface area contributed by atoms with Crippen LogP contribution in [0.1, 0.15) is 44.1 Å². The lowest BCUT2D eigenvalue weighted by molar-refractivity contribution is -0.122. The third kappa shape index (κ3) is 4.04. The van der Waals surface area contributed by atoms with Gasteiger partial charge in [-0.3, -0.25) is 14.2 Å². The number of aromatic nitrogens is 3. The molecule has 0 spiro atoms. The number of carbonyl (C=O) groups is 1. The zero-order valence-corrected chi connectivity index (χ0v) is 18.2. The highest BCUT2D eigenvalue weighted by molar-refractivity contribution is 7.21. The molecule has 10 heteroatoms. The van der Waals surface area contributed by atoms with E-state index in [9.17, 15) is 18.4 Å². The van der Waals surface area contributed by atoms with E-state index in [0.29, 0.717) is 25.0 Å². The summed E-state index contributed by atoms with van der Waals surface area (Å²) in [4.78, 5) is 35.9. The molecule has 7 nitrogen and oxygen atoms in total. The first-order valence-corrected chi connectivity index (χ1v) is 10.9. The fourth-order valence-corrected chi connectivity index (χ4v) is 4.87. The van der Waals surface area contributed by atoms with Crippen molar-refractivity contribution < 1.29 is 13.6 Å². The molecule has 0 radical (unpaired) electrons. The van der Waals surface area contributed by atoms with E-state index in [1.54, 1.807) is 0 Å². The molecule has 3 aromatic rings. The molecule has 1 unspecified atom stereocenters. The van der Waals surface area contributed by atoms with Crippen LogP contribution in [0.25, 0.3) is 10.3 Å². The average molecular weight is 448 g/mol. The predicted octanol–water partition coefficient (Wildman–Crippen LogP) is 3.35. The Morgan fingerprint density at radius 2 is 2.00 bits per heavy atom. The Morgan fingerprint density at radius 1 is 1.29 bits per heavy atom. The fraction of sp³-hybridized carbons (Fsp3) is 0.429. The highest BCUT2D eigenvalue weighted by Gasteiger charge is 2.35. The van der Waals surface area contributed by atoms with E-state index in [2.05, 4.69) is 15.3 Å². The van der Waals surface area contributed by atoms with Gasteiger partial charge in [0.2, 0.25) is 5.91 Å². The number of nitrogens with one attached hydrogen (secondary N) is 1. The Morgan fingerprint density at radius 3 is 2.68 bits per heavy atom. The molecule has 0 saturated carbocycles. The normalized spacial score (nSPS) is 17.8. The molecule has 0 aliphatic carbocycles. The number of nitrogens with zero attached hydrogens (tertiary/aromatic N) is 4. The number of amides is 1. The molecule has 1 fully saturated rings. The van der Waals surface area contributed by atoms with Crippen LogP contribution in [-0.4, -0.2) is 33.0 Å². The molecule has 1 N–H and O–H groups in total. The molecule has 1 saturated heterocycles. The van der Waals surface area contributed by atoms with Gasteiger partial charge >= 0.3 is 5.92 Å². The van der Waals surface area contributed by atoms with Gasteiger partial charge in [0.1, 0.15) is 6.04 Å². The molecule has 4 rings (SSSR count). The Bertz CT molecular complexity index is 1170. The lowest BCUT2D eigenvalue weighted by Gasteiger charge is -2.25. The third-order valence-corrected chi connectivity index (χ3v) is 6.47. The molecule has 0 bridgehead atoms. The van der Waals surface area contributed by atoms with E-state index in [1.165, 1.54) is 7.05 Å². The van der Waals surface area contributed by atoms with E-state index in [-0.39, 0.29) is 22.3 Å². The predicted molar refractivity (Wildman–Crippen MR) is 116 cm³/mol. The molecule has 1 amide bonds. The number of rotatable bonds is 5. The maximum Gasteiger partial charge on any atom is 0.302 e. The van der Waals surface area contributed by atoms with Gasteiger partial charge in [-0.05, 0) is 25.3 Å². The zero-order valence-electron chi connectivity index (χ0n) is 17.4. The molecule has 3 heterocycles. The van der Waals surface area contributed by atoms with E-state index in [1.807, 2.05) is 42.2 Å². The summed E-state index contributed by atoms with van der Waals surface area (Å²) in [6.07, 6.45) is 1.43. The Hall–Kier alpha value is -2.88. The van der Waals surface area contributed by atoms with Gasteiger partial charge in [-0.2, -0.15) is 8.78 Å². The highest BCUT2D eigenvalue weighted by atomic mass is 32.1. The largest absolute Gasteiger partial charge is 0.348 e. The Kier molecular flexibility index (Phi) is 5.50. The van der Waals surface area contributed by atoms with Crippen LogP contribution in [0, 0.1) is 0 Å². The van der Waals surface area contributed by atoms with Gasteiger partial charge in [-0.1, -0.05) is 41.7 Å². The molecular weight excluding hydrogens is 424 g/mol. The van der Waals surface area contributed by atoms with Gasteiger partial charge in [0.25, 0.3) is 5.56 Å². The minimum absolute atomic E-state index is 0.0409. The van der Waals surface area contributed by atoms with Crippen LogP contribution in [-0.2, 0) is 17.8 Å². The third-order valence-electron chi connectivity index (χ3n) is 5.48. The summed E-state index contributed by atoms with van der Waals surface area (Å²) in [5.41, 5.74) is 0.419. The monoisotopic (exact) mass is 447 g/mol. The first-order valence-electron chi connectivity index (χ1n) is 10.0. The molecule has 1 aliphatic rings. The van der Waals surface area contributed by atoms with Crippen LogP contribution in [0.5, 0.6) is 0 Å². The number of fused-ring (bicyclic) bond motifs is 1.